The predicted octanol–water partition coefficient (Wildman–Crippen LogP) is 3.28. The molecule has 1 aliphatic carbocycles. The molecule has 0 spiro atoms. The van der Waals surface area contributed by atoms with Gasteiger partial charge in [0.25, 0.3) is 5.91 Å². The molecule has 2 aliphatic heterocycles. The molecule has 2 saturated heterocycles. The molecule has 3 unspecified atom stereocenters. The first-order valence-electron chi connectivity index (χ1n) is 15.9. The minimum atomic E-state index is -0.813. The SMILES string of the molecule is C=C(CNCCC1(c2nnn[nH]2)c2ccc(F)cc2CCc2cc(C(=O)N3CCN(C)CC3)ccc21)N1C(C#N)C[C@H](C)C1C. The average Bonchev–Trinajstić information content (AvgIpc) is 3.66. The Morgan fingerprint density at radius 3 is 2.53 bits per heavy atom. The van der Waals surface area contributed by atoms with Gasteiger partial charge in [0.05, 0.1) is 11.5 Å². The van der Waals surface area contributed by atoms with Gasteiger partial charge < -0.3 is 20.0 Å². The number of nitrogens with zero attached hydrogens (tertiary/aromatic N) is 7. The largest absolute Gasteiger partial charge is 0.355 e. The van der Waals surface area contributed by atoms with E-state index in [1.807, 2.05) is 29.2 Å². The van der Waals surface area contributed by atoms with Crippen molar-refractivity contribution in [3.05, 3.63) is 88.1 Å². The van der Waals surface area contributed by atoms with Gasteiger partial charge in [-0.2, -0.15) is 5.26 Å². The van der Waals surface area contributed by atoms with Gasteiger partial charge in [0, 0.05) is 50.0 Å². The molecule has 10 nitrogen and oxygen atoms in total. The molecule has 1 amide bonds. The van der Waals surface area contributed by atoms with Gasteiger partial charge in [-0.1, -0.05) is 25.6 Å². The zero-order chi connectivity index (χ0) is 31.7. The van der Waals surface area contributed by atoms with E-state index in [1.54, 1.807) is 6.07 Å². The van der Waals surface area contributed by atoms with E-state index in [9.17, 15) is 14.4 Å². The predicted molar refractivity (Wildman–Crippen MR) is 169 cm³/mol. The summed E-state index contributed by atoms with van der Waals surface area (Å²) in [6, 6.07) is 13.5. The van der Waals surface area contributed by atoms with Gasteiger partial charge in [-0.3, -0.25) is 4.79 Å². The number of tetrazole rings is 1. The van der Waals surface area contributed by atoms with E-state index in [0.717, 1.165) is 47.5 Å². The van der Waals surface area contributed by atoms with E-state index in [4.69, 9.17) is 0 Å². The van der Waals surface area contributed by atoms with Gasteiger partial charge >= 0.3 is 0 Å². The van der Waals surface area contributed by atoms with E-state index in [1.165, 1.54) is 6.07 Å². The number of benzene rings is 2. The van der Waals surface area contributed by atoms with Gasteiger partial charge in [0.15, 0.2) is 5.82 Å². The summed E-state index contributed by atoms with van der Waals surface area (Å²) in [6.07, 6.45) is 2.69. The highest BCUT2D eigenvalue weighted by molar-refractivity contribution is 5.94. The molecule has 3 aliphatic rings. The highest BCUT2D eigenvalue weighted by Gasteiger charge is 2.44. The summed E-state index contributed by atoms with van der Waals surface area (Å²) >= 11 is 0. The number of rotatable bonds is 8. The lowest BCUT2D eigenvalue weighted by molar-refractivity contribution is 0.0664. The lowest BCUT2D eigenvalue weighted by Gasteiger charge is -2.35. The third kappa shape index (κ3) is 5.73. The molecule has 4 atom stereocenters. The molecular formula is C34H42FN9O. The first-order chi connectivity index (χ1) is 21.7. The molecule has 0 saturated carbocycles. The fraction of sp³-hybridized carbons (Fsp3) is 0.500. The number of hydrogen-bond acceptors (Lipinski definition) is 8. The van der Waals surface area contributed by atoms with Crippen LogP contribution < -0.4 is 5.32 Å². The smallest absolute Gasteiger partial charge is 0.253 e. The second kappa shape index (κ2) is 12.7. The number of aryl methyl sites for hydroxylation is 2. The summed E-state index contributed by atoms with van der Waals surface area (Å²) in [6.45, 7) is 12.9. The minimum Gasteiger partial charge on any atom is -0.355 e. The fourth-order valence-corrected chi connectivity index (χ4v) is 7.57. The normalized spacial score (nSPS) is 24.9. The Balaban J connectivity index is 1.33. The Morgan fingerprint density at radius 2 is 1.84 bits per heavy atom. The Kier molecular flexibility index (Phi) is 8.71. The number of halogens is 1. The number of aromatic nitrogens is 4. The summed E-state index contributed by atoms with van der Waals surface area (Å²) in [5, 5.41) is 28.7. The lowest BCUT2D eigenvalue weighted by atomic mass is 9.69. The molecule has 3 heterocycles. The molecule has 1 aromatic heterocycles. The summed E-state index contributed by atoms with van der Waals surface area (Å²) in [5.41, 5.74) is 4.63. The van der Waals surface area contributed by atoms with Crippen molar-refractivity contribution >= 4 is 5.91 Å². The maximum atomic E-state index is 14.7. The summed E-state index contributed by atoms with van der Waals surface area (Å²) < 4.78 is 14.7. The van der Waals surface area contributed by atoms with Crippen LogP contribution >= 0.6 is 0 Å². The summed E-state index contributed by atoms with van der Waals surface area (Å²) in [4.78, 5) is 19.9. The van der Waals surface area contributed by atoms with E-state index >= 15 is 0 Å². The first kappa shape index (κ1) is 30.9. The highest BCUT2D eigenvalue weighted by atomic mass is 19.1. The van der Waals surface area contributed by atoms with Crippen LogP contribution in [0.1, 0.15) is 65.1 Å². The molecule has 236 valence electrons. The van der Waals surface area contributed by atoms with Crippen molar-refractivity contribution in [3.8, 4) is 6.07 Å². The van der Waals surface area contributed by atoms with Crippen LogP contribution in [0.15, 0.2) is 48.7 Å². The van der Waals surface area contributed by atoms with Gasteiger partial charge in [-0.15, -0.1) is 5.10 Å². The second-order valence-electron chi connectivity index (χ2n) is 12.9. The van der Waals surface area contributed by atoms with Crippen molar-refractivity contribution in [1.29, 1.82) is 5.26 Å². The zero-order valence-corrected chi connectivity index (χ0v) is 26.4. The number of carbonyl (C=O) groups excluding carboxylic acids is 1. The Morgan fingerprint density at radius 1 is 1.13 bits per heavy atom. The van der Waals surface area contributed by atoms with E-state index in [0.29, 0.717) is 62.7 Å². The number of likely N-dealkylation sites (tertiary alicyclic amines) is 1. The maximum Gasteiger partial charge on any atom is 0.253 e. The number of amides is 1. The van der Waals surface area contributed by atoms with Crippen molar-refractivity contribution in [2.24, 2.45) is 5.92 Å². The Hall–Kier alpha value is -4.14. The van der Waals surface area contributed by atoms with Crippen molar-refractivity contribution in [3.63, 3.8) is 0 Å². The van der Waals surface area contributed by atoms with E-state index < -0.39 is 5.41 Å². The van der Waals surface area contributed by atoms with Gasteiger partial charge in [-0.25, -0.2) is 9.49 Å². The Bertz CT molecular complexity index is 1590. The molecular weight excluding hydrogens is 569 g/mol. The monoisotopic (exact) mass is 611 g/mol. The number of fused-ring (bicyclic) bond motifs is 2. The standard InChI is InChI=1S/C34H42FN9O/c1-22-17-29(20-36)44(24(22)3)23(2)21-37-12-11-34(33-38-40-41-39-33)30-9-7-27(32(45)43-15-13-42(4)14-16-43)18-25(30)5-6-26-19-28(35)8-10-31(26)34/h7-10,18-19,22,24,29,37H,2,5-6,11-17,21H2,1,3-4H3,(H,38,39,40,41)/t22-,24?,29?,34?/m0/s1. The third-order valence-electron chi connectivity index (χ3n) is 10.3. The van der Waals surface area contributed by atoms with E-state index in [2.05, 4.69) is 69.3 Å². The van der Waals surface area contributed by atoms with Crippen molar-refractivity contribution < 1.29 is 9.18 Å². The van der Waals surface area contributed by atoms with Crippen LogP contribution in [-0.4, -0.2) is 99.6 Å². The number of hydrogen-bond donors (Lipinski definition) is 2. The second-order valence-corrected chi connectivity index (χ2v) is 12.9. The molecule has 11 heteroatoms. The third-order valence-corrected chi connectivity index (χ3v) is 10.3. The number of likely N-dealkylation sites (N-methyl/N-ethyl adjacent to an activating group) is 1. The number of nitrogens with one attached hydrogen (secondary N) is 2. The molecule has 0 bridgehead atoms. The average molecular weight is 612 g/mol. The number of piperazine rings is 1. The molecule has 2 fully saturated rings. The molecule has 6 rings (SSSR count). The highest BCUT2D eigenvalue weighted by Crippen LogP contribution is 2.46. The van der Waals surface area contributed by atoms with Crippen molar-refractivity contribution in [1.82, 2.24) is 40.6 Å². The fourth-order valence-electron chi connectivity index (χ4n) is 7.57. The zero-order valence-electron chi connectivity index (χ0n) is 26.4. The number of carbonyl (C=O) groups is 1. The maximum absolute atomic E-state index is 14.7. The van der Waals surface area contributed by atoms with Gasteiger partial charge in [0.2, 0.25) is 0 Å². The van der Waals surface area contributed by atoms with Crippen molar-refractivity contribution in [2.75, 3.05) is 46.3 Å². The molecule has 2 aromatic carbocycles. The number of H-pyrrole nitrogens is 1. The summed E-state index contributed by atoms with van der Waals surface area (Å²) in [7, 11) is 2.07. The van der Waals surface area contributed by atoms with Crippen LogP contribution in [0, 0.1) is 23.1 Å². The van der Waals surface area contributed by atoms with Crippen LogP contribution in [0.25, 0.3) is 0 Å². The van der Waals surface area contributed by atoms with Crippen molar-refractivity contribution in [2.45, 2.75) is 57.0 Å². The molecule has 2 N–H and O–H groups in total. The Labute approximate surface area is 264 Å². The van der Waals surface area contributed by atoms with Crippen LogP contribution in [0.2, 0.25) is 0 Å². The number of aromatic amines is 1. The molecule has 45 heavy (non-hydrogen) atoms. The van der Waals surface area contributed by atoms with Crippen LogP contribution in [0.3, 0.4) is 0 Å². The topological polar surface area (TPSA) is 117 Å². The van der Waals surface area contributed by atoms with E-state index in [-0.39, 0.29) is 23.8 Å². The van der Waals surface area contributed by atoms with Crippen LogP contribution in [0.4, 0.5) is 4.39 Å². The minimum absolute atomic E-state index is 0.0342. The number of nitriles is 1. The first-order valence-corrected chi connectivity index (χ1v) is 15.9. The quantitative estimate of drug-likeness (QED) is 0.373. The van der Waals surface area contributed by atoms with Gasteiger partial charge in [-0.05, 0) is 109 Å². The lowest BCUT2D eigenvalue weighted by Crippen LogP contribution is -2.47. The van der Waals surface area contributed by atoms with Crippen LogP contribution in [0.5, 0.6) is 0 Å². The van der Waals surface area contributed by atoms with Crippen LogP contribution in [-0.2, 0) is 18.3 Å². The molecule has 3 aromatic rings. The molecule has 0 radical (unpaired) electrons. The van der Waals surface area contributed by atoms with Gasteiger partial charge in [0.1, 0.15) is 11.9 Å². The summed E-state index contributed by atoms with van der Waals surface area (Å²) in [5.74, 6) is 0.738.